The van der Waals surface area contributed by atoms with Gasteiger partial charge in [0.1, 0.15) is 11.1 Å². The van der Waals surface area contributed by atoms with Gasteiger partial charge in [0.2, 0.25) is 5.91 Å². The molecule has 172 valence electrons. The highest BCUT2D eigenvalue weighted by Gasteiger charge is 2.25. The van der Waals surface area contributed by atoms with Crippen molar-refractivity contribution in [1.82, 2.24) is 4.98 Å². The smallest absolute Gasteiger partial charge is 0.339 e. The van der Waals surface area contributed by atoms with Gasteiger partial charge in [-0.15, -0.1) is 0 Å². The maximum Gasteiger partial charge on any atom is 0.339 e. The van der Waals surface area contributed by atoms with E-state index in [1.165, 1.54) is 24.4 Å². The van der Waals surface area contributed by atoms with Gasteiger partial charge in [0.05, 0.1) is 29.2 Å². The van der Waals surface area contributed by atoms with Gasteiger partial charge in [-0.2, -0.15) is 5.26 Å². The largest absolute Gasteiger partial charge is 0.465 e. The Balaban J connectivity index is 1.50. The van der Waals surface area contributed by atoms with E-state index in [1.807, 2.05) is 12.1 Å². The summed E-state index contributed by atoms with van der Waals surface area (Å²) in [6, 6.07) is 21.3. The Hall–Kier alpha value is -3.63. The minimum absolute atomic E-state index is 0.283. The van der Waals surface area contributed by atoms with Crippen molar-refractivity contribution >= 4 is 29.3 Å². The highest BCUT2D eigenvalue weighted by atomic mass is 32.2. The van der Waals surface area contributed by atoms with Crippen LogP contribution in [0.5, 0.6) is 0 Å². The van der Waals surface area contributed by atoms with Gasteiger partial charge in [0, 0.05) is 5.69 Å². The molecule has 0 fully saturated rings. The van der Waals surface area contributed by atoms with Crippen molar-refractivity contribution < 1.29 is 14.3 Å². The van der Waals surface area contributed by atoms with Gasteiger partial charge >= 0.3 is 5.97 Å². The van der Waals surface area contributed by atoms with Gasteiger partial charge in [0.25, 0.3) is 0 Å². The van der Waals surface area contributed by atoms with Crippen LogP contribution < -0.4 is 5.32 Å². The lowest BCUT2D eigenvalue weighted by atomic mass is 9.82. The first-order valence-corrected chi connectivity index (χ1v) is 12.0. The first kappa shape index (κ1) is 23.5. The molecule has 2 aromatic carbocycles. The lowest BCUT2D eigenvalue weighted by molar-refractivity contribution is -0.115. The minimum Gasteiger partial charge on any atom is -0.465 e. The van der Waals surface area contributed by atoms with Gasteiger partial charge in [-0.3, -0.25) is 4.79 Å². The molecule has 4 rings (SSSR count). The number of nitrogens with one attached hydrogen (secondary N) is 1. The van der Waals surface area contributed by atoms with E-state index < -0.39 is 11.2 Å². The van der Waals surface area contributed by atoms with Crippen LogP contribution in [0.2, 0.25) is 0 Å². The molecule has 2 unspecified atom stereocenters. The number of aromatic nitrogens is 1. The first-order valence-electron chi connectivity index (χ1n) is 11.1. The summed E-state index contributed by atoms with van der Waals surface area (Å²) in [5.74, 6) is -0.387. The van der Waals surface area contributed by atoms with Gasteiger partial charge in [-0.25, -0.2) is 9.78 Å². The molecule has 2 atom stereocenters. The standard InChI is InChI=1S/C27H25N3O3S/c1-17(25(31)29-24-11-7-6-10-22(24)27(32)33-2)34-26-21(16-28)15-20-14-19(12-13-23(20)30-26)18-8-4-3-5-9-18/h3-11,15,17,19H,12-14H2,1-2H3,(H,29,31). The second-order valence-electron chi connectivity index (χ2n) is 8.20. The number of para-hydroxylation sites is 1. The Bertz CT molecular complexity index is 1250. The normalized spacial score (nSPS) is 15.5. The number of esters is 1. The molecule has 0 aliphatic heterocycles. The van der Waals surface area contributed by atoms with Crippen LogP contribution in [0.1, 0.15) is 52.0 Å². The predicted octanol–water partition coefficient (Wildman–Crippen LogP) is 5.13. The third-order valence-corrected chi connectivity index (χ3v) is 7.09. The summed E-state index contributed by atoms with van der Waals surface area (Å²) >= 11 is 1.25. The molecule has 0 radical (unpaired) electrons. The third kappa shape index (κ3) is 5.13. The molecular formula is C27H25N3O3S. The van der Waals surface area contributed by atoms with Crippen LogP contribution >= 0.6 is 11.8 Å². The molecule has 1 aliphatic carbocycles. The number of amides is 1. The average molecular weight is 472 g/mol. The van der Waals surface area contributed by atoms with Crippen LogP contribution in [0.3, 0.4) is 0 Å². The van der Waals surface area contributed by atoms with Crippen molar-refractivity contribution in [2.75, 3.05) is 12.4 Å². The van der Waals surface area contributed by atoms with E-state index in [4.69, 9.17) is 9.72 Å². The number of methoxy groups -OCH3 is 1. The molecule has 7 heteroatoms. The second-order valence-corrected chi connectivity index (χ2v) is 9.53. The number of carbonyl (C=O) groups is 2. The number of aryl methyl sites for hydroxylation is 1. The molecule has 0 bridgehead atoms. The zero-order valence-corrected chi connectivity index (χ0v) is 19.9. The van der Waals surface area contributed by atoms with Crippen LogP contribution in [0.15, 0.2) is 65.7 Å². The molecule has 1 amide bonds. The molecule has 1 heterocycles. The molecule has 1 N–H and O–H groups in total. The fourth-order valence-electron chi connectivity index (χ4n) is 4.16. The van der Waals surface area contributed by atoms with E-state index in [9.17, 15) is 14.9 Å². The lowest BCUT2D eigenvalue weighted by Gasteiger charge is -2.25. The van der Waals surface area contributed by atoms with Gasteiger partial charge in [0.15, 0.2) is 0 Å². The molecule has 34 heavy (non-hydrogen) atoms. The van der Waals surface area contributed by atoms with Crippen molar-refractivity contribution in [3.8, 4) is 6.07 Å². The Kier molecular flexibility index (Phi) is 7.29. The van der Waals surface area contributed by atoms with Crippen molar-refractivity contribution in [3.63, 3.8) is 0 Å². The van der Waals surface area contributed by atoms with Crippen molar-refractivity contribution in [2.45, 2.75) is 42.4 Å². The van der Waals surface area contributed by atoms with Crippen molar-refractivity contribution in [1.29, 1.82) is 5.26 Å². The van der Waals surface area contributed by atoms with Crippen LogP contribution in [0.25, 0.3) is 0 Å². The number of fused-ring (bicyclic) bond motifs is 1. The molecule has 0 spiro atoms. The molecule has 3 aromatic rings. The molecule has 0 saturated heterocycles. The van der Waals surface area contributed by atoms with Crippen LogP contribution in [0.4, 0.5) is 5.69 Å². The predicted molar refractivity (Wildman–Crippen MR) is 132 cm³/mol. The summed E-state index contributed by atoms with van der Waals surface area (Å²) in [5, 5.41) is 12.6. The number of pyridine rings is 1. The van der Waals surface area contributed by atoms with E-state index in [-0.39, 0.29) is 11.5 Å². The second kappa shape index (κ2) is 10.5. The molecular weight excluding hydrogens is 446 g/mol. The number of hydrogen-bond donors (Lipinski definition) is 1. The van der Waals surface area contributed by atoms with Crippen molar-refractivity contribution in [3.05, 3.63) is 88.6 Å². The van der Waals surface area contributed by atoms with Gasteiger partial charge in [-0.05, 0) is 61.4 Å². The van der Waals surface area contributed by atoms with E-state index in [0.717, 1.165) is 30.5 Å². The number of hydrogen-bond acceptors (Lipinski definition) is 6. The van der Waals surface area contributed by atoms with Crippen LogP contribution in [-0.2, 0) is 22.4 Å². The number of nitriles is 1. The maximum absolute atomic E-state index is 12.9. The summed E-state index contributed by atoms with van der Waals surface area (Å²) in [6.45, 7) is 1.76. The number of nitrogens with zero attached hydrogens (tertiary/aromatic N) is 2. The number of ether oxygens (including phenoxy) is 1. The fourth-order valence-corrected chi connectivity index (χ4v) is 5.06. The van der Waals surface area contributed by atoms with Crippen LogP contribution in [0, 0.1) is 11.3 Å². The van der Waals surface area contributed by atoms with Crippen LogP contribution in [-0.4, -0.2) is 29.2 Å². The average Bonchev–Trinajstić information content (AvgIpc) is 2.88. The molecule has 6 nitrogen and oxygen atoms in total. The van der Waals surface area contributed by atoms with E-state index in [0.29, 0.717) is 22.2 Å². The minimum atomic E-state index is -0.524. The van der Waals surface area contributed by atoms with E-state index in [1.54, 1.807) is 31.2 Å². The Morgan fingerprint density at radius 1 is 1.18 bits per heavy atom. The zero-order chi connectivity index (χ0) is 24.1. The summed E-state index contributed by atoms with van der Waals surface area (Å²) in [5.41, 5.74) is 4.56. The highest BCUT2D eigenvalue weighted by Crippen LogP contribution is 2.35. The number of thioether (sulfide) groups is 1. The quantitative estimate of drug-likeness (QED) is 0.396. The summed E-state index contributed by atoms with van der Waals surface area (Å²) in [7, 11) is 1.30. The zero-order valence-electron chi connectivity index (χ0n) is 19.1. The molecule has 1 aliphatic rings. The number of anilines is 1. The topological polar surface area (TPSA) is 92.1 Å². The number of rotatable bonds is 6. The van der Waals surface area contributed by atoms with E-state index in [2.05, 4.69) is 35.7 Å². The lowest BCUT2D eigenvalue weighted by Crippen LogP contribution is -2.24. The molecule has 1 aromatic heterocycles. The van der Waals surface area contributed by atoms with Gasteiger partial charge < -0.3 is 10.1 Å². The summed E-state index contributed by atoms with van der Waals surface area (Å²) < 4.78 is 4.79. The maximum atomic E-state index is 12.9. The fraction of sp³-hybridized carbons (Fsp3) is 0.259. The number of benzene rings is 2. The SMILES string of the molecule is COC(=O)c1ccccc1NC(=O)C(C)Sc1nc2c(cc1C#N)CC(c1ccccc1)CC2. The summed E-state index contributed by atoms with van der Waals surface area (Å²) in [4.78, 5) is 29.6. The van der Waals surface area contributed by atoms with Crippen molar-refractivity contribution in [2.24, 2.45) is 0 Å². The van der Waals surface area contributed by atoms with E-state index >= 15 is 0 Å². The summed E-state index contributed by atoms with van der Waals surface area (Å²) in [6.07, 6.45) is 2.69. The number of carbonyl (C=O) groups excluding carboxylic acids is 2. The first-order chi connectivity index (χ1) is 16.5. The van der Waals surface area contributed by atoms with Gasteiger partial charge in [-0.1, -0.05) is 54.2 Å². The Morgan fingerprint density at radius 2 is 1.91 bits per heavy atom. The third-order valence-electron chi connectivity index (χ3n) is 5.99. The Morgan fingerprint density at radius 3 is 2.65 bits per heavy atom. The monoisotopic (exact) mass is 471 g/mol. The highest BCUT2D eigenvalue weighted by molar-refractivity contribution is 8.00. The molecule has 0 saturated carbocycles. The Labute approximate surface area is 203 Å².